The minimum atomic E-state index is -3.90. The number of nitrogens with zero attached hydrogens (tertiary/aromatic N) is 1. The van der Waals surface area contributed by atoms with Crippen LogP contribution in [-0.2, 0) is 14.8 Å². The number of carbonyl (C=O) groups is 1. The van der Waals surface area contributed by atoms with Crippen LogP contribution >= 0.6 is 0 Å². The summed E-state index contributed by atoms with van der Waals surface area (Å²) in [6.07, 6.45) is 0. The van der Waals surface area contributed by atoms with Crippen LogP contribution in [0.1, 0.15) is 13.8 Å². The molecule has 1 aliphatic heterocycles. The fraction of sp³-hybridized carbons (Fsp3) is 0.500. The molecule has 0 radical (unpaired) electrons. The van der Waals surface area contributed by atoms with E-state index in [9.17, 15) is 13.2 Å². The Kier molecular flexibility index (Phi) is 5.12. The maximum atomic E-state index is 13.0. The second-order valence-corrected chi connectivity index (χ2v) is 7.43. The maximum Gasteiger partial charge on any atom is 0.262 e. The predicted molar refractivity (Wildman–Crippen MR) is 83.9 cm³/mol. The molecule has 0 bridgehead atoms. The van der Waals surface area contributed by atoms with Crippen molar-refractivity contribution >= 4 is 21.6 Å². The highest BCUT2D eigenvalue weighted by Crippen LogP contribution is 2.32. The molecule has 1 aromatic carbocycles. The van der Waals surface area contributed by atoms with Crippen molar-refractivity contribution in [2.45, 2.75) is 24.8 Å². The first kappa shape index (κ1) is 17.5. The topological polar surface area (TPSA) is 108 Å². The molecule has 0 saturated carbocycles. The van der Waals surface area contributed by atoms with Crippen molar-refractivity contribution < 1.29 is 23.2 Å². The van der Waals surface area contributed by atoms with Gasteiger partial charge in [0.15, 0.2) is 0 Å². The second-order valence-electron chi connectivity index (χ2n) is 5.57. The van der Waals surface area contributed by atoms with Gasteiger partial charge in [0.1, 0.15) is 16.7 Å². The van der Waals surface area contributed by atoms with Crippen LogP contribution in [0.4, 0.5) is 5.69 Å². The number of amides is 1. The van der Waals surface area contributed by atoms with Gasteiger partial charge in [-0.2, -0.15) is 4.31 Å². The average Bonchev–Trinajstić information content (AvgIpc) is 2.64. The van der Waals surface area contributed by atoms with E-state index in [-0.39, 0.29) is 17.4 Å². The van der Waals surface area contributed by atoms with E-state index < -0.39 is 22.0 Å². The molecule has 0 aromatic heterocycles. The van der Waals surface area contributed by atoms with E-state index in [1.165, 1.54) is 13.2 Å². The molecule has 1 atom stereocenters. The number of hydroxylamine groups is 1. The van der Waals surface area contributed by atoms with E-state index in [2.05, 4.69) is 5.32 Å². The Hall–Kier alpha value is -1.84. The summed E-state index contributed by atoms with van der Waals surface area (Å²) in [7, 11) is -2.40. The molecule has 3 N–H and O–H groups in total. The monoisotopic (exact) mass is 343 g/mol. The van der Waals surface area contributed by atoms with Crippen LogP contribution in [0, 0.1) is 5.92 Å². The van der Waals surface area contributed by atoms with Gasteiger partial charge in [0.2, 0.25) is 10.0 Å². The quantitative estimate of drug-likeness (QED) is 0.547. The summed E-state index contributed by atoms with van der Waals surface area (Å²) >= 11 is 0. The summed E-state index contributed by atoms with van der Waals surface area (Å²) in [4.78, 5) is 12.0. The predicted octanol–water partition coefficient (Wildman–Crippen LogP) is 0.641. The summed E-state index contributed by atoms with van der Waals surface area (Å²) in [5, 5.41) is 12.0. The van der Waals surface area contributed by atoms with Crippen molar-refractivity contribution in [2.24, 2.45) is 5.92 Å². The Morgan fingerprint density at radius 2 is 2.13 bits per heavy atom. The Morgan fingerprint density at radius 3 is 2.70 bits per heavy atom. The number of rotatable bonds is 4. The number of sulfonamides is 1. The average molecular weight is 343 g/mol. The molecule has 0 saturated heterocycles. The number of carbonyl (C=O) groups excluding carboxylic acids is 1. The molecule has 0 fully saturated rings. The Balaban J connectivity index is 2.53. The number of anilines is 1. The van der Waals surface area contributed by atoms with Gasteiger partial charge >= 0.3 is 0 Å². The number of ether oxygens (including phenoxy) is 1. The van der Waals surface area contributed by atoms with E-state index in [1.807, 2.05) is 0 Å². The van der Waals surface area contributed by atoms with Gasteiger partial charge in [-0.1, -0.05) is 13.8 Å². The number of hydrogen-bond donors (Lipinski definition) is 3. The fourth-order valence-corrected chi connectivity index (χ4v) is 4.54. The second kappa shape index (κ2) is 6.73. The van der Waals surface area contributed by atoms with Crippen molar-refractivity contribution in [3.63, 3.8) is 0 Å². The third-order valence-electron chi connectivity index (χ3n) is 3.74. The van der Waals surface area contributed by atoms with Crippen LogP contribution in [0.25, 0.3) is 0 Å². The van der Waals surface area contributed by atoms with Gasteiger partial charge in [-0.3, -0.25) is 10.0 Å². The highest BCUT2D eigenvalue weighted by atomic mass is 32.2. The number of nitrogens with one attached hydrogen (secondary N) is 2. The molecule has 23 heavy (non-hydrogen) atoms. The van der Waals surface area contributed by atoms with Crippen LogP contribution in [0.15, 0.2) is 23.1 Å². The molecule has 8 nitrogen and oxygen atoms in total. The molecule has 1 aromatic rings. The number of hydrogen-bond acceptors (Lipinski definition) is 6. The molecule has 0 aliphatic carbocycles. The minimum absolute atomic E-state index is 0.0761. The lowest BCUT2D eigenvalue weighted by Crippen LogP contribution is -2.52. The van der Waals surface area contributed by atoms with E-state index in [4.69, 9.17) is 9.94 Å². The van der Waals surface area contributed by atoms with Gasteiger partial charge in [-0.15, -0.1) is 0 Å². The Labute approximate surface area is 135 Å². The van der Waals surface area contributed by atoms with E-state index in [0.29, 0.717) is 18.0 Å². The number of methoxy groups -OCH3 is 1. The number of benzene rings is 1. The van der Waals surface area contributed by atoms with Crippen LogP contribution in [0.5, 0.6) is 5.75 Å². The molecule has 1 amide bonds. The SMILES string of the molecule is COc1ccc2c(c1)NCCN([C@@H](C(=O)NO)C(C)C)S2(=O)=O. The zero-order valence-corrected chi connectivity index (χ0v) is 14.1. The first-order chi connectivity index (χ1) is 10.8. The molecule has 0 unspecified atom stereocenters. The smallest absolute Gasteiger partial charge is 0.262 e. The van der Waals surface area contributed by atoms with Gasteiger partial charge in [0.05, 0.1) is 12.8 Å². The van der Waals surface area contributed by atoms with Crippen molar-refractivity contribution in [3.05, 3.63) is 18.2 Å². The normalized spacial score (nSPS) is 18.5. The van der Waals surface area contributed by atoms with Crippen LogP contribution in [0.2, 0.25) is 0 Å². The summed E-state index contributed by atoms with van der Waals surface area (Å²) in [6.45, 7) is 3.89. The summed E-state index contributed by atoms with van der Waals surface area (Å²) in [5.41, 5.74) is 1.99. The lowest BCUT2D eigenvalue weighted by atomic mass is 10.0. The first-order valence-electron chi connectivity index (χ1n) is 7.20. The lowest BCUT2D eigenvalue weighted by Gasteiger charge is -2.30. The molecule has 9 heteroatoms. The van der Waals surface area contributed by atoms with E-state index in [1.54, 1.807) is 31.5 Å². The van der Waals surface area contributed by atoms with Crippen LogP contribution in [-0.4, -0.2) is 50.1 Å². The summed E-state index contributed by atoms with van der Waals surface area (Å²) < 4.78 is 32.2. The third-order valence-corrected chi connectivity index (χ3v) is 5.68. The molecule has 2 rings (SSSR count). The standard InChI is InChI=1S/C14H21N3O5S/c1-9(2)13(14(18)16-19)17-7-6-15-11-8-10(22-3)4-5-12(11)23(17,20)21/h4-5,8-9,13,15,19H,6-7H2,1-3H3,(H,16,18)/t13-/m1/s1. The maximum absolute atomic E-state index is 13.0. The molecule has 1 heterocycles. The zero-order valence-electron chi connectivity index (χ0n) is 13.2. The highest BCUT2D eigenvalue weighted by molar-refractivity contribution is 7.89. The van der Waals surface area contributed by atoms with Crippen molar-refractivity contribution in [2.75, 3.05) is 25.5 Å². The lowest BCUT2D eigenvalue weighted by molar-refractivity contribution is -0.134. The molecule has 1 aliphatic rings. The zero-order chi connectivity index (χ0) is 17.2. The first-order valence-corrected chi connectivity index (χ1v) is 8.64. The van der Waals surface area contributed by atoms with Gasteiger partial charge in [0.25, 0.3) is 5.91 Å². The summed E-state index contributed by atoms with van der Waals surface area (Å²) in [6, 6.07) is 3.61. The molecule has 128 valence electrons. The van der Waals surface area contributed by atoms with Gasteiger partial charge in [-0.05, 0) is 18.1 Å². The van der Waals surface area contributed by atoms with Crippen LogP contribution < -0.4 is 15.5 Å². The van der Waals surface area contributed by atoms with Crippen molar-refractivity contribution in [1.29, 1.82) is 0 Å². The Bertz CT molecular complexity index is 690. The van der Waals surface area contributed by atoms with Crippen molar-refractivity contribution in [1.82, 2.24) is 9.79 Å². The van der Waals surface area contributed by atoms with Gasteiger partial charge in [0, 0.05) is 19.2 Å². The highest BCUT2D eigenvalue weighted by Gasteiger charge is 2.39. The van der Waals surface area contributed by atoms with E-state index in [0.717, 1.165) is 4.31 Å². The van der Waals surface area contributed by atoms with Crippen LogP contribution in [0.3, 0.4) is 0 Å². The largest absolute Gasteiger partial charge is 0.497 e. The third kappa shape index (κ3) is 3.26. The molecule has 0 spiro atoms. The van der Waals surface area contributed by atoms with E-state index >= 15 is 0 Å². The van der Waals surface area contributed by atoms with Crippen molar-refractivity contribution in [3.8, 4) is 5.75 Å². The van der Waals surface area contributed by atoms with Gasteiger partial charge in [-0.25, -0.2) is 13.9 Å². The number of fused-ring (bicyclic) bond motifs is 1. The fourth-order valence-electron chi connectivity index (χ4n) is 2.67. The van der Waals surface area contributed by atoms with Gasteiger partial charge < -0.3 is 10.1 Å². The minimum Gasteiger partial charge on any atom is -0.497 e. The Morgan fingerprint density at radius 1 is 1.43 bits per heavy atom. The summed E-state index contributed by atoms with van der Waals surface area (Å²) in [5.74, 6) is -0.523. The molecular weight excluding hydrogens is 322 g/mol. The molecular formula is C14H21N3O5S.